The zero-order valence-corrected chi connectivity index (χ0v) is 12.1. The summed E-state index contributed by atoms with van der Waals surface area (Å²) in [6.07, 6.45) is 5.35. The number of thiophene rings is 1. The van der Waals surface area contributed by atoms with Crippen LogP contribution in [0.25, 0.3) is 10.2 Å². The number of anilines is 1. The minimum atomic E-state index is 0.414. The van der Waals surface area contributed by atoms with Gasteiger partial charge in [0.2, 0.25) is 0 Å². The van der Waals surface area contributed by atoms with E-state index < -0.39 is 0 Å². The molecule has 5 heteroatoms. The summed E-state index contributed by atoms with van der Waals surface area (Å²) in [7, 11) is 0. The van der Waals surface area contributed by atoms with Crippen molar-refractivity contribution in [1.29, 1.82) is 0 Å². The molecular weight excluding hydrogens is 256 g/mol. The number of piperidine rings is 1. The molecule has 0 saturated carbocycles. The average molecular weight is 276 g/mol. The monoisotopic (exact) mass is 276 g/mol. The average Bonchev–Trinajstić information content (AvgIpc) is 2.95. The van der Waals surface area contributed by atoms with Gasteiger partial charge in [-0.1, -0.05) is 13.3 Å². The third-order valence-electron chi connectivity index (χ3n) is 4.19. The van der Waals surface area contributed by atoms with Crippen LogP contribution in [0.1, 0.15) is 26.2 Å². The number of rotatable bonds is 3. The van der Waals surface area contributed by atoms with Gasteiger partial charge in [0.05, 0.1) is 5.39 Å². The Morgan fingerprint density at radius 1 is 1.47 bits per heavy atom. The highest BCUT2D eigenvalue weighted by Crippen LogP contribution is 2.33. The summed E-state index contributed by atoms with van der Waals surface area (Å²) in [6, 6.07) is 2.53. The first-order valence-corrected chi connectivity index (χ1v) is 7.86. The van der Waals surface area contributed by atoms with Gasteiger partial charge in [0.1, 0.15) is 17.0 Å². The first kappa shape index (κ1) is 12.8. The van der Waals surface area contributed by atoms with E-state index >= 15 is 0 Å². The lowest BCUT2D eigenvalue weighted by molar-refractivity contribution is 0.335. The summed E-state index contributed by atoms with van der Waals surface area (Å²) < 4.78 is 0. The molecule has 0 aliphatic carbocycles. The summed E-state index contributed by atoms with van der Waals surface area (Å²) in [5, 5.41) is 3.25. The van der Waals surface area contributed by atoms with E-state index in [1.807, 2.05) is 0 Å². The van der Waals surface area contributed by atoms with Crippen molar-refractivity contribution in [3.8, 4) is 0 Å². The van der Waals surface area contributed by atoms with Gasteiger partial charge in [-0.25, -0.2) is 9.97 Å². The molecule has 1 aliphatic rings. The van der Waals surface area contributed by atoms with Crippen LogP contribution in [0.15, 0.2) is 17.8 Å². The summed E-state index contributed by atoms with van der Waals surface area (Å²) >= 11 is 1.67. The van der Waals surface area contributed by atoms with E-state index in [9.17, 15) is 0 Å². The maximum absolute atomic E-state index is 5.98. The highest BCUT2D eigenvalue weighted by atomic mass is 32.1. The van der Waals surface area contributed by atoms with Crippen molar-refractivity contribution < 1.29 is 0 Å². The molecule has 0 aromatic carbocycles. The second-order valence-corrected chi connectivity index (χ2v) is 6.11. The first-order valence-electron chi connectivity index (χ1n) is 6.98. The van der Waals surface area contributed by atoms with Crippen LogP contribution in [-0.2, 0) is 0 Å². The maximum Gasteiger partial charge on any atom is 0.141 e. The van der Waals surface area contributed by atoms with Crippen molar-refractivity contribution in [3.05, 3.63) is 17.8 Å². The molecule has 0 radical (unpaired) electrons. The van der Waals surface area contributed by atoms with Crippen LogP contribution in [0.4, 0.5) is 5.82 Å². The molecule has 1 fully saturated rings. The van der Waals surface area contributed by atoms with E-state index in [0.29, 0.717) is 12.6 Å². The number of fused-ring (bicyclic) bond motifs is 1. The van der Waals surface area contributed by atoms with Crippen molar-refractivity contribution >= 4 is 27.4 Å². The molecule has 2 N–H and O–H groups in total. The van der Waals surface area contributed by atoms with Crippen LogP contribution >= 0.6 is 11.3 Å². The van der Waals surface area contributed by atoms with Crippen LogP contribution in [0.5, 0.6) is 0 Å². The van der Waals surface area contributed by atoms with E-state index in [0.717, 1.165) is 23.1 Å². The largest absolute Gasteiger partial charge is 0.352 e. The van der Waals surface area contributed by atoms with Gasteiger partial charge in [-0.15, -0.1) is 11.3 Å². The highest BCUT2D eigenvalue weighted by Gasteiger charge is 2.28. The smallest absolute Gasteiger partial charge is 0.141 e. The Morgan fingerprint density at radius 2 is 2.37 bits per heavy atom. The molecule has 2 aromatic heterocycles. The number of nitrogens with two attached hydrogens (primary N) is 1. The molecule has 1 aliphatic heterocycles. The van der Waals surface area contributed by atoms with Crippen molar-refractivity contribution in [1.82, 2.24) is 9.97 Å². The zero-order chi connectivity index (χ0) is 13.2. The first-order chi connectivity index (χ1) is 9.33. The van der Waals surface area contributed by atoms with E-state index in [2.05, 4.69) is 33.2 Å². The minimum Gasteiger partial charge on any atom is -0.352 e. The van der Waals surface area contributed by atoms with Crippen LogP contribution in [0, 0.1) is 5.92 Å². The van der Waals surface area contributed by atoms with Gasteiger partial charge >= 0.3 is 0 Å². The third kappa shape index (κ3) is 2.32. The van der Waals surface area contributed by atoms with Crippen molar-refractivity contribution in [3.63, 3.8) is 0 Å². The lowest BCUT2D eigenvalue weighted by Gasteiger charge is -2.39. The zero-order valence-electron chi connectivity index (χ0n) is 11.2. The quantitative estimate of drug-likeness (QED) is 0.936. The molecular formula is C14H20N4S. The van der Waals surface area contributed by atoms with E-state index in [1.54, 1.807) is 17.7 Å². The Kier molecular flexibility index (Phi) is 3.66. The summed E-state index contributed by atoms with van der Waals surface area (Å²) in [5.41, 5.74) is 5.98. The predicted octanol–water partition coefficient (Wildman–Crippen LogP) is 2.65. The SMILES string of the molecule is CCC1CCN(c2ncnc3sccc23)C(CN)C1. The Morgan fingerprint density at radius 3 is 3.16 bits per heavy atom. The van der Waals surface area contributed by atoms with Crippen LogP contribution in [-0.4, -0.2) is 29.1 Å². The fraction of sp³-hybridized carbons (Fsp3) is 0.571. The minimum absolute atomic E-state index is 0.414. The lowest BCUT2D eigenvalue weighted by atomic mass is 9.89. The second-order valence-electron chi connectivity index (χ2n) is 5.22. The Labute approximate surface area is 117 Å². The van der Waals surface area contributed by atoms with Gasteiger partial charge in [0.25, 0.3) is 0 Å². The number of hydrogen-bond acceptors (Lipinski definition) is 5. The Bertz CT molecular complexity index is 553. The third-order valence-corrected chi connectivity index (χ3v) is 5.01. The topological polar surface area (TPSA) is 55.0 Å². The molecule has 3 rings (SSSR count). The van der Waals surface area contributed by atoms with Crippen molar-refractivity contribution in [2.45, 2.75) is 32.2 Å². The number of nitrogens with zero attached hydrogens (tertiary/aromatic N) is 3. The molecule has 2 atom stereocenters. The normalized spacial score (nSPS) is 24.0. The molecule has 2 unspecified atom stereocenters. The molecule has 0 spiro atoms. The number of hydrogen-bond donors (Lipinski definition) is 1. The Balaban J connectivity index is 1.94. The molecule has 0 amide bonds. The standard InChI is InChI=1S/C14H20N4S/c1-2-10-3-5-18(11(7-10)8-15)13-12-4-6-19-14(12)17-9-16-13/h4,6,9-11H,2-3,5,7-8,15H2,1H3. The van der Waals surface area contributed by atoms with Gasteiger partial charge in [-0.3, -0.25) is 0 Å². The summed E-state index contributed by atoms with van der Waals surface area (Å²) in [5.74, 6) is 1.88. The predicted molar refractivity (Wildman–Crippen MR) is 80.6 cm³/mol. The van der Waals surface area contributed by atoms with E-state index in [1.165, 1.54) is 24.6 Å². The second kappa shape index (κ2) is 5.43. The number of aromatic nitrogens is 2. The van der Waals surface area contributed by atoms with Crippen molar-refractivity contribution in [2.75, 3.05) is 18.0 Å². The van der Waals surface area contributed by atoms with E-state index in [4.69, 9.17) is 5.73 Å². The molecule has 2 aromatic rings. The van der Waals surface area contributed by atoms with Gasteiger partial charge in [-0.05, 0) is 30.2 Å². The van der Waals surface area contributed by atoms with Crippen LogP contribution in [0.2, 0.25) is 0 Å². The van der Waals surface area contributed by atoms with Gasteiger partial charge in [0, 0.05) is 19.1 Å². The maximum atomic E-state index is 5.98. The van der Waals surface area contributed by atoms with Gasteiger partial charge in [0.15, 0.2) is 0 Å². The summed E-state index contributed by atoms with van der Waals surface area (Å²) in [4.78, 5) is 12.3. The molecule has 0 bridgehead atoms. The van der Waals surface area contributed by atoms with Crippen LogP contribution < -0.4 is 10.6 Å². The van der Waals surface area contributed by atoms with Crippen molar-refractivity contribution in [2.24, 2.45) is 11.7 Å². The Hall–Kier alpha value is -1.20. The molecule has 19 heavy (non-hydrogen) atoms. The van der Waals surface area contributed by atoms with E-state index in [-0.39, 0.29) is 0 Å². The fourth-order valence-electron chi connectivity index (χ4n) is 3.01. The molecule has 3 heterocycles. The highest BCUT2D eigenvalue weighted by molar-refractivity contribution is 7.16. The lowest BCUT2D eigenvalue weighted by Crippen LogP contribution is -2.47. The fourth-order valence-corrected chi connectivity index (χ4v) is 3.74. The molecule has 4 nitrogen and oxygen atoms in total. The molecule has 102 valence electrons. The van der Waals surface area contributed by atoms with Gasteiger partial charge < -0.3 is 10.6 Å². The molecule has 1 saturated heterocycles. The van der Waals surface area contributed by atoms with Gasteiger partial charge in [-0.2, -0.15) is 0 Å². The summed E-state index contributed by atoms with van der Waals surface area (Å²) in [6.45, 7) is 4.03. The van der Waals surface area contributed by atoms with Crippen LogP contribution in [0.3, 0.4) is 0 Å².